The average Bonchev–Trinajstić information content (AvgIpc) is 2.79. The van der Waals surface area contributed by atoms with Gasteiger partial charge in [0.15, 0.2) is 0 Å². The summed E-state index contributed by atoms with van der Waals surface area (Å²) in [6.45, 7) is 4.29. The minimum Gasteiger partial charge on any atom is -0.373 e. The molecule has 0 radical (unpaired) electrons. The smallest absolute Gasteiger partial charge is 0.126 e. The van der Waals surface area contributed by atoms with Crippen molar-refractivity contribution in [3.05, 3.63) is 22.8 Å². The summed E-state index contributed by atoms with van der Waals surface area (Å²) in [6.07, 6.45) is 3.81. The quantitative estimate of drug-likeness (QED) is 0.894. The molecule has 1 aromatic rings. The molecule has 0 aromatic carbocycles. The molecule has 0 saturated carbocycles. The van der Waals surface area contributed by atoms with Crippen LogP contribution >= 0.6 is 11.6 Å². The first-order valence-corrected chi connectivity index (χ1v) is 6.69. The number of likely N-dealkylation sites (tertiary alicyclic amines) is 1. The second kappa shape index (κ2) is 5.69. The molecule has 0 aliphatic carbocycles. The number of pyridine rings is 1. The number of aromatic nitrogens is 1. The van der Waals surface area contributed by atoms with Gasteiger partial charge >= 0.3 is 0 Å². The molecule has 1 unspecified atom stereocenters. The van der Waals surface area contributed by atoms with Gasteiger partial charge in [0.25, 0.3) is 0 Å². The van der Waals surface area contributed by atoms with E-state index in [1.165, 1.54) is 25.8 Å². The van der Waals surface area contributed by atoms with Gasteiger partial charge in [0.05, 0.1) is 10.7 Å². The second-order valence-electron chi connectivity index (χ2n) is 4.55. The maximum atomic E-state index is 6.21. The third-order valence-corrected chi connectivity index (χ3v) is 3.84. The first-order valence-electron chi connectivity index (χ1n) is 6.31. The van der Waals surface area contributed by atoms with Crippen molar-refractivity contribution in [1.29, 1.82) is 0 Å². The zero-order valence-corrected chi connectivity index (χ0v) is 11.3. The molecule has 0 bridgehead atoms. The fourth-order valence-electron chi connectivity index (χ4n) is 2.49. The Morgan fingerprint density at radius 1 is 1.53 bits per heavy atom. The van der Waals surface area contributed by atoms with Gasteiger partial charge < -0.3 is 5.32 Å². The Hall–Kier alpha value is -0.800. The number of hydrogen-bond acceptors (Lipinski definition) is 3. The Bertz CT molecular complexity index is 381. The average molecular weight is 254 g/mol. The monoisotopic (exact) mass is 253 g/mol. The molecular weight excluding hydrogens is 234 g/mol. The summed E-state index contributed by atoms with van der Waals surface area (Å²) in [5.41, 5.74) is 0.985. The molecule has 2 heterocycles. The lowest BCUT2D eigenvalue weighted by molar-refractivity contribution is 0.237. The second-order valence-corrected chi connectivity index (χ2v) is 4.96. The minimum absolute atomic E-state index is 0.700. The van der Waals surface area contributed by atoms with E-state index in [0.717, 1.165) is 23.1 Å². The highest BCUT2D eigenvalue weighted by atomic mass is 35.5. The van der Waals surface area contributed by atoms with Gasteiger partial charge in [0.2, 0.25) is 0 Å². The number of halogens is 1. The van der Waals surface area contributed by atoms with Gasteiger partial charge in [-0.05, 0) is 37.9 Å². The largest absolute Gasteiger partial charge is 0.373 e. The SMILES string of the molecule is CCC1CCCN1Cc1nc(NC)ccc1Cl. The lowest BCUT2D eigenvalue weighted by atomic mass is 10.1. The zero-order valence-electron chi connectivity index (χ0n) is 10.5. The molecule has 94 valence electrons. The van der Waals surface area contributed by atoms with Crippen LogP contribution in [0.4, 0.5) is 5.82 Å². The summed E-state index contributed by atoms with van der Waals surface area (Å²) >= 11 is 6.21. The van der Waals surface area contributed by atoms with Crippen molar-refractivity contribution in [2.75, 3.05) is 18.9 Å². The van der Waals surface area contributed by atoms with Crippen molar-refractivity contribution in [2.24, 2.45) is 0 Å². The van der Waals surface area contributed by atoms with Crippen LogP contribution in [0.3, 0.4) is 0 Å². The molecule has 1 fully saturated rings. The molecule has 1 aromatic heterocycles. The number of rotatable bonds is 4. The fourth-order valence-corrected chi connectivity index (χ4v) is 2.66. The molecule has 4 heteroatoms. The van der Waals surface area contributed by atoms with Crippen LogP contribution in [0.2, 0.25) is 5.02 Å². The van der Waals surface area contributed by atoms with Crippen molar-refractivity contribution in [2.45, 2.75) is 38.8 Å². The molecular formula is C13H20ClN3. The standard InChI is InChI=1S/C13H20ClN3/c1-3-10-5-4-8-17(10)9-12-11(14)6-7-13(15-2)16-12/h6-7,10H,3-5,8-9H2,1-2H3,(H,15,16). The summed E-state index contributed by atoms with van der Waals surface area (Å²) < 4.78 is 0. The molecule has 1 saturated heterocycles. The van der Waals surface area contributed by atoms with Crippen LogP contribution in [0.1, 0.15) is 31.9 Å². The summed E-state index contributed by atoms with van der Waals surface area (Å²) in [6, 6.07) is 4.53. The molecule has 0 amide bonds. The third kappa shape index (κ3) is 2.90. The maximum Gasteiger partial charge on any atom is 0.126 e. The molecule has 1 aliphatic heterocycles. The van der Waals surface area contributed by atoms with Crippen molar-refractivity contribution in [1.82, 2.24) is 9.88 Å². The minimum atomic E-state index is 0.700. The van der Waals surface area contributed by atoms with Crippen LogP contribution in [0.5, 0.6) is 0 Å². The van der Waals surface area contributed by atoms with Gasteiger partial charge in [-0.25, -0.2) is 4.98 Å². The molecule has 1 atom stereocenters. The first kappa shape index (κ1) is 12.7. The fraction of sp³-hybridized carbons (Fsp3) is 0.615. The summed E-state index contributed by atoms with van der Waals surface area (Å²) in [5.74, 6) is 0.886. The van der Waals surface area contributed by atoms with Crippen molar-refractivity contribution in [3.8, 4) is 0 Å². The first-order chi connectivity index (χ1) is 8.24. The molecule has 17 heavy (non-hydrogen) atoms. The Morgan fingerprint density at radius 2 is 2.35 bits per heavy atom. The zero-order chi connectivity index (χ0) is 12.3. The Balaban J connectivity index is 2.12. The van der Waals surface area contributed by atoms with E-state index in [0.29, 0.717) is 6.04 Å². The Morgan fingerprint density at radius 3 is 3.06 bits per heavy atom. The molecule has 0 spiro atoms. The van der Waals surface area contributed by atoms with E-state index in [2.05, 4.69) is 22.1 Å². The molecule has 3 nitrogen and oxygen atoms in total. The van der Waals surface area contributed by atoms with Crippen molar-refractivity contribution < 1.29 is 0 Å². The van der Waals surface area contributed by atoms with E-state index in [4.69, 9.17) is 11.6 Å². The van der Waals surface area contributed by atoms with Crippen LogP contribution in [-0.2, 0) is 6.54 Å². The van der Waals surface area contributed by atoms with Crippen LogP contribution in [0, 0.1) is 0 Å². The van der Waals surface area contributed by atoms with Gasteiger partial charge in [-0.1, -0.05) is 18.5 Å². The van der Waals surface area contributed by atoms with Crippen LogP contribution in [0.15, 0.2) is 12.1 Å². The predicted octanol–water partition coefficient (Wildman–Crippen LogP) is 3.15. The number of hydrogen-bond donors (Lipinski definition) is 1. The molecule has 1 aliphatic rings. The third-order valence-electron chi connectivity index (χ3n) is 3.50. The molecule has 2 rings (SSSR count). The van der Waals surface area contributed by atoms with Crippen LogP contribution in [0.25, 0.3) is 0 Å². The van der Waals surface area contributed by atoms with E-state index in [-0.39, 0.29) is 0 Å². The number of nitrogens with one attached hydrogen (secondary N) is 1. The highest BCUT2D eigenvalue weighted by molar-refractivity contribution is 6.31. The molecule has 1 N–H and O–H groups in total. The van der Waals surface area contributed by atoms with Gasteiger partial charge in [0.1, 0.15) is 5.82 Å². The lowest BCUT2D eigenvalue weighted by Crippen LogP contribution is -2.28. The lowest BCUT2D eigenvalue weighted by Gasteiger charge is -2.23. The van der Waals surface area contributed by atoms with Crippen molar-refractivity contribution >= 4 is 17.4 Å². The van der Waals surface area contributed by atoms with E-state index < -0.39 is 0 Å². The summed E-state index contributed by atoms with van der Waals surface area (Å²) in [4.78, 5) is 7.03. The number of nitrogens with zero attached hydrogens (tertiary/aromatic N) is 2. The summed E-state index contributed by atoms with van der Waals surface area (Å²) in [7, 11) is 1.88. The Kier molecular flexibility index (Phi) is 4.24. The van der Waals surface area contributed by atoms with Gasteiger partial charge in [0, 0.05) is 19.6 Å². The van der Waals surface area contributed by atoms with Crippen molar-refractivity contribution in [3.63, 3.8) is 0 Å². The van der Waals surface area contributed by atoms with Gasteiger partial charge in [-0.2, -0.15) is 0 Å². The van der Waals surface area contributed by atoms with Crippen LogP contribution < -0.4 is 5.32 Å². The number of anilines is 1. The van der Waals surface area contributed by atoms with E-state index >= 15 is 0 Å². The highest BCUT2D eigenvalue weighted by Crippen LogP contribution is 2.25. The van der Waals surface area contributed by atoms with Gasteiger partial charge in [-0.3, -0.25) is 4.90 Å². The maximum absolute atomic E-state index is 6.21. The van der Waals surface area contributed by atoms with Gasteiger partial charge in [-0.15, -0.1) is 0 Å². The Labute approximate surface area is 108 Å². The van der Waals surface area contributed by atoms with E-state index in [1.54, 1.807) is 0 Å². The normalized spacial score (nSPS) is 20.8. The summed E-state index contributed by atoms with van der Waals surface area (Å²) in [5, 5.41) is 3.83. The highest BCUT2D eigenvalue weighted by Gasteiger charge is 2.23. The van der Waals surface area contributed by atoms with Crippen LogP contribution in [-0.4, -0.2) is 29.5 Å². The predicted molar refractivity (Wildman–Crippen MR) is 72.5 cm³/mol. The topological polar surface area (TPSA) is 28.2 Å². The van der Waals surface area contributed by atoms with E-state index in [9.17, 15) is 0 Å². The van der Waals surface area contributed by atoms with E-state index in [1.807, 2.05) is 19.2 Å².